The molecule has 0 spiro atoms. The number of ketones is 1. The van der Waals surface area contributed by atoms with Gasteiger partial charge in [-0.15, -0.1) is 0 Å². The Kier molecular flexibility index (Phi) is 2.06. The molecule has 64 valence electrons. The van der Waals surface area contributed by atoms with Crippen molar-refractivity contribution in [3.8, 4) is 0 Å². The predicted molar refractivity (Wildman–Crippen MR) is 45.5 cm³/mol. The quantitative estimate of drug-likeness (QED) is 0.571. The van der Waals surface area contributed by atoms with Crippen molar-refractivity contribution in [1.82, 2.24) is 4.90 Å². The van der Waals surface area contributed by atoms with E-state index in [1.165, 1.54) is 0 Å². The second-order valence-corrected chi connectivity index (χ2v) is 3.83. The SMILES string of the molecule is CC(=O)C1(C)CCC(C)N1C. The minimum absolute atomic E-state index is 0.181. The Labute approximate surface area is 68.6 Å². The summed E-state index contributed by atoms with van der Waals surface area (Å²) >= 11 is 0. The molecule has 0 aromatic carbocycles. The molecule has 1 aliphatic heterocycles. The maximum atomic E-state index is 11.3. The largest absolute Gasteiger partial charge is 0.298 e. The van der Waals surface area contributed by atoms with E-state index in [1.807, 2.05) is 14.0 Å². The molecular formula is C9H17NO. The third kappa shape index (κ3) is 1.20. The van der Waals surface area contributed by atoms with Crippen LogP contribution in [0.25, 0.3) is 0 Å². The predicted octanol–water partition coefficient (Wildman–Crippen LogP) is 1.45. The monoisotopic (exact) mass is 155 g/mol. The summed E-state index contributed by atoms with van der Waals surface area (Å²) in [7, 11) is 2.04. The maximum absolute atomic E-state index is 11.3. The van der Waals surface area contributed by atoms with Gasteiger partial charge in [-0.25, -0.2) is 0 Å². The minimum atomic E-state index is -0.181. The van der Waals surface area contributed by atoms with Crippen LogP contribution >= 0.6 is 0 Å². The topological polar surface area (TPSA) is 20.3 Å². The molecule has 0 saturated carbocycles. The van der Waals surface area contributed by atoms with Gasteiger partial charge in [-0.2, -0.15) is 0 Å². The zero-order valence-electron chi connectivity index (χ0n) is 7.85. The fourth-order valence-electron chi connectivity index (χ4n) is 1.77. The Bertz CT molecular complexity index is 178. The molecule has 0 amide bonds. The van der Waals surface area contributed by atoms with E-state index in [4.69, 9.17) is 0 Å². The van der Waals surface area contributed by atoms with Crippen LogP contribution in [-0.4, -0.2) is 29.3 Å². The van der Waals surface area contributed by atoms with Gasteiger partial charge in [0.15, 0.2) is 0 Å². The van der Waals surface area contributed by atoms with Crippen LogP contribution in [0.4, 0.5) is 0 Å². The summed E-state index contributed by atoms with van der Waals surface area (Å²) in [5.74, 6) is 0.296. The van der Waals surface area contributed by atoms with Crippen molar-refractivity contribution in [3.05, 3.63) is 0 Å². The van der Waals surface area contributed by atoms with E-state index in [2.05, 4.69) is 11.8 Å². The van der Waals surface area contributed by atoms with Gasteiger partial charge in [0, 0.05) is 6.04 Å². The van der Waals surface area contributed by atoms with Crippen molar-refractivity contribution in [1.29, 1.82) is 0 Å². The van der Waals surface area contributed by atoms with E-state index in [0.717, 1.165) is 12.8 Å². The van der Waals surface area contributed by atoms with Crippen molar-refractivity contribution in [2.24, 2.45) is 0 Å². The van der Waals surface area contributed by atoms with Gasteiger partial charge in [0.05, 0.1) is 5.54 Å². The molecule has 2 heteroatoms. The first-order chi connectivity index (χ1) is 4.98. The number of carbonyl (C=O) groups excluding carboxylic acids is 1. The molecule has 0 radical (unpaired) electrons. The summed E-state index contributed by atoms with van der Waals surface area (Å²) in [6.45, 7) is 5.90. The third-order valence-corrected chi connectivity index (χ3v) is 3.25. The Morgan fingerprint density at radius 2 is 2.18 bits per heavy atom. The molecule has 0 N–H and O–H groups in total. The van der Waals surface area contributed by atoms with Gasteiger partial charge in [0.25, 0.3) is 0 Å². The number of nitrogens with zero attached hydrogens (tertiary/aromatic N) is 1. The van der Waals surface area contributed by atoms with E-state index in [9.17, 15) is 4.79 Å². The van der Waals surface area contributed by atoms with Gasteiger partial charge in [-0.05, 0) is 40.7 Å². The van der Waals surface area contributed by atoms with Gasteiger partial charge in [-0.3, -0.25) is 9.69 Å². The second kappa shape index (κ2) is 2.59. The fraction of sp³-hybridized carbons (Fsp3) is 0.889. The van der Waals surface area contributed by atoms with Crippen molar-refractivity contribution >= 4 is 5.78 Å². The third-order valence-electron chi connectivity index (χ3n) is 3.25. The number of hydrogen-bond acceptors (Lipinski definition) is 2. The summed E-state index contributed by atoms with van der Waals surface area (Å²) in [5, 5.41) is 0. The first kappa shape index (κ1) is 8.72. The maximum Gasteiger partial charge on any atom is 0.149 e. The van der Waals surface area contributed by atoms with Crippen LogP contribution in [-0.2, 0) is 4.79 Å². The fourth-order valence-corrected chi connectivity index (χ4v) is 1.77. The zero-order chi connectivity index (χ0) is 8.65. The molecule has 1 rings (SSSR count). The van der Waals surface area contributed by atoms with Crippen molar-refractivity contribution < 1.29 is 4.79 Å². The van der Waals surface area contributed by atoms with Crippen LogP contribution in [0.5, 0.6) is 0 Å². The zero-order valence-corrected chi connectivity index (χ0v) is 7.85. The van der Waals surface area contributed by atoms with Crippen LogP contribution in [0.1, 0.15) is 33.6 Å². The highest BCUT2D eigenvalue weighted by molar-refractivity contribution is 5.86. The lowest BCUT2D eigenvalue weighted by Gasteiger charge is -2.31. The lowest BCUT2D eigenvalue weighted by Crippen LogP contribution is -2.46. The Morgan fingerprint density at radius 1 is 1.64 bits per heavy atom. The number of rotatable bonds is 1. The van der Waals surface area contributed by atoms with Crippen LogP contribution in [0, 0.1) is 0 Å². The van der Waals surface area contributed by atoms with Gasteiger partial charge in [0.1, 0.15) is 5.78 Å². The summed E-state index contributed by atoms with van der Waals surface area (Å²) < 4.78 is 0. The van der Waals surface area contributed by atoms with E-state index < -0.39 is 0 Å². The van der Waals surface area contributed by atoms with E-state index in [1.54, 1.807) is 6.92 Å². The number of Topliss-reactive ketones (excluding diaryl/α,β-unsaturated/α-hetero) is 1. The molecular weight excluding hydrogens is 138 g/mol. The molecule has 2 unspecified atom stereocenters. The van der Waals surface area contributed by atoms with Crippen LogP contribution in [0.2, 0.25) is 0 Å². The highest BCUT2D eigenvalue weighted by Gasteiger charge is 2.41. The lowest BCUT2D eigenvalue weighted by atomic mass is 9.95. The summed E-state index contributed by atoms with van der Waals surface area (Å²) in [6, 6.07) is 0.559. The molecule has 1 fully saturated rings. The van der Waals surface area contributed by atoms with Crippen molar-refractivity contribution in [3.63, 3.8) is 0 Å². The van der Waals surface area contributed by atoms with Gasteiger partial charge in [-0.1, -0.05) is 0 Å². The minimum Gasteiger partial charge on any atom is -0.298 e. The summed E-state index contributed by atoms with van der Waals surface area (Å²) in [4.78, 5) is 13.5. The normalized spacial score (nSPS) is 39.5. The highest BCUT2D eigenvalue weighted by atomic mass is 16.1. The Balaban J connectivity index is 2.81. The average molecular weight is 155 g/mol. The van der Waals surface area contributed by atoms with Crippen LogP contribution in [0.3, 0.4) is 0 Å². The molecule has 2 nitrogen and oxygen atoms in total. The summed E-state index contributed by atoms with van der Waals surface area (Å²) in [5.41, 5.74) is -0.181. The first-order valence-electron chi connectivity index (χ1n) is 4.22. The molecule has 0 aromatic rings. The van der Waals surface area contributed by atoms with Crippen molar-refractivity contribution in [2.45, 2.75) is 45.2 Å². The molecule has 0 bridgehead atoms. The number of hydrogen-bond donors (Lipinski definition) is 0. The summed E-state index contributed by atoms with van der Waals surface area (Å²) in [6.07, 6.45) is 2.16. The van der Waals surface area contributed by atoms with Crippen LogP contribution < -0.4 is 0 Å². The Hall–Kier alpha value is -0.370. The number of likely N-dealkylation sites (N-methyl/N-ethyl adjacent to an activating group) is 1. The average Bonchev–Trinajstić information content (AvgIpc) is 2.18. The standard InChI is InChI=1S/C9H17NO/c1-7-5-6-9(3,8(2)11)10(7)4/h7H,5-6H2,1-4H3. The van der Waals surface area contributed by atoms with Gasteiger partial charge < -0.3 is 0 Å². The van der Waals surface area contributed by atoms with E-state index in [0.29, 0.717) is 11.8 Å². The molecule has 11 heavy (non-hydrogen) atoms. The smallest absolute Gasteiger partial charge is 0.149 e. The molecule has 1 saturated heterocycles. The Morgan fingerprint density at radius 3 is 2.36 bits per heavy atom. The molecule has 0 aliphatic carbocycles. The lowest BCUT2D eigenvalue weighted by molar-refractivity contribution is -0.126. The first-order valence-corrected chi connectivity index (χ1v) is 4.22. The van der Waals surface area contributed by atoms with E-state index >= 15 is 0 Å². The van der Waals surface area contributed by atoms with Gasteiger partial charge in [0.2, 0.25) is 0 Å². The number of likely N-dealkylation sites (tertiary alicyclic amines) is 1. The molecule has 2 atom stereocenters. The molecule has 1 aliphatic rings. The molecule has 1 heterocycles. The highest BCUT2D eigenvalue weighted by Crippen LogP contribution is 2.32. The second-order valence-electron chi connectivity index (χ2n) is 3.83. The van der Waals surface area contributed by atoms with Gasteiger partial charge >= 0.3 is 0 Å². The number of carbonyl (C=O) groups is 1. The van der Waals surface area contributed by atoms with Crippen LogP contribution in [0.15, 0.2) is 0 Å². The van der Waals surface area contributed by atoms with E-state index in [-0.39, 0.29) is 5.54 Å². The van der Waals surface area contributed by atoms with Crippen molar-refractivity contribution in [2.75, 3.05) is 7.05 Å². The molecule has 0 aromatic heterocycles.